The van der Waals surface area contributed by atoms with E-state index >= 15 is 0 Å². The van der Waals surface area contributed by atoms with Gasteiger partial charge in [-0.05, 0) is 74.3 Å². The standard InChI is InChI=1S/C33H34Cl2N4O4S/c1-41-32(40)19-12-23(18-7-9-42-10-8-18)31-29(13-19)44-33(37-31)38-16-20-11-22(38)14-28(20)43-17-27-24(15-36-39(27)21-5-6-21)30-25(34)3-2-4-26(30)35/h2-4,12-13,15,18,20-22,28H,5-11,14,16-17H2,1H3/t20-,22-,28-/m0/s1. The van der Waals surface area contributed by atoms with E-state index < -0.39 is 0 Å². The zero-order chi connectivity index (χ0) is 29.9. The number of carbonyl (C=O) groups excluding carboxylic acids is 1. The molecule has 4 fully saturated rings. The molecule has 8 rings (SSSR count). The summed E-state index contributed by atoms with van der Waals surface area (Å²) in [6, 6.07) is 10.3. The van der Waals surface area contributed by atoms with Crippen molar-refractivity contribution >= 4 is 55.9 Å². The lowest BCUT2D eigenvalue weighted by Crippen LogP contribution is -2.38. The van der Waals surface area contributed by atoms with Gasteiger partial charge < -0.3 is 19.1 Å². The van der Waals surface area contributed by atoms with Crippen molar-refractivity contribution in [2.45, 2.75) is 69.2 Å². The minimum absolute atomic E-state index is 0.173. The SMILES string of the molecule is COC(=O)c1cc(C2CCOCC2)c2nc(N3C[C@@H]4C[C@H]3C[C@@H]4OCc3c(-c4c(Cl)cccc4Cl)cnn3C3CC3)sc2c1. The van der Waals surface area contributed by atoms with Crippen molar-refractivity contribution in [2.75, 3.05) is 31.8 Å². The summed E-state index contributed by atoms with van der Waals surface area (Å²) in [6.07, 6.45) is 8.24. The number of hydrogen-bond acceptors (Lipinski definition) is 8. The number of nitrogens with zero attached hydrogens (tertiary/aromatic N) is 4. The first-order valence-electron chi connectivity index (χ1n) is 15.5. The highest BCUT2D eigenvalue weighted by molar-refractivity contribution is 7.22. The molecule has 3 atom stereocenters. The quantitative estimate of drug-likeness (QED) is 0.181. The molecule has 4 aliphatic rings. The fourth-order valence-electron chi connectivity index (χ4n) is 7.38. The van der Waals surface area contributed by atoms with Crippen LogP contribution in [0.1, 0.15) is 72.1 Å². The highest BCUT2D eigenvalue weighted by atomic mass is 35.5. The predicted octanol–water partition coefficient (Wildman–Crippen LogP) is 7.67. The Morgan fingerprint density at radius 3 is 2.59 bits per heavy atom. The van der Waals surface area contributed by atoms with Crippen molar-refractivity contribution in [3.8, 4) is 11.1 Å². The Bertz CT molecular complexity index is 1710. The molecule has 2 saturated heterocycles. The number of thiazole rings is 1. The first kappa shape index (κ1) is 28.8. The summed E-state index contributed by atoms with van der Waals surface area (Å²) in [5.41, 5.74) is 5.58. The first-order valence-corrected chi connectivity index (χ1v) is 17.0. The van der Waals surface area contributed by atoms with E-state index in [0.717, 1.165) is 96.0 Å². The van der Waals surface area contributed by atoms with Crippen molar-refractivity contribution < 1.29 is 19.0 Å². The molecular weight excluding hydrogens is 619 g/mol. The molecule has 2 bridgehead atoms. The van der Waals surface area contributed by atoms with E-state index in [4.69, 9.17) is 47.5 Å². The van der Waals surface area contributed by atoms with Crippen LogP contribution in [0.15, 0.2) is 36.5 Å². The molecule has 0 unspecified atom stereocenters. The predicted molar refractivity (Wildman–Crippen MR) is 172 cm³/mol. The molecule has 230 valence electrons. The molecule has 2 aliphatic heterocycles. The van der Waals surface area contributed by atoms with E-state index in [1.165, 1.54) is 7.11 Å². The zero-order valence-electron chi connectivity index (χ0n) is 24.5. The van der Waals surface area contributed by atoms with Crippen LogP contribution < -0.4 is 4.90 Å². The van der Waals surface area contributed by atoms with Gasteiger partial charge in [0.2, 0.25) is 0 Å². The Labute approximate surface area is 270 Å². The Balaban J connectivity index is 1.02. The number of methoxy groups -OCH3 is 1. The molecule has 0 radical (unpaired) electrons. The molecule has 2 aromatic heterocycles. The van der Waals surface area contributed by atoms with Crippen LogP contribution in [0.25, 0.3) is 21.3 Å². The third-order valence-electron chi connectivity index (χ3n) is 9.78. The van der Waals surface area contributed by atoms with Crippen LogP contribution in [0.2, 0.25) is 10.0 Å². The first-order chi connectivity index (χ1) is 21.5. The lowest BCUT2D eigenvalue weighted by Gasteiger charge is -2.31. The van der Waals surface area contributed by atoms with Crippen molar-refractivity contribution in [3.63, 3.8) is 0 Å². The number of anilines is 1. The van der Waals surface area contributed by atoms with Gasteiger partial charge in [-0.3, -0.25) is 4.68 Å². The number of aromatic nitrogens is 3. The third-order valence-corrected chi connectivity index (χ3v) is 11.4. The Morgan fingerprint density at radius 2 is 1.89 bits per heavy atom. The summed E-state index contributed by atoms with van der Waals surface area (Å²) in [6.45, 7) is 2.86. The summed E-state index contributed by atoms with van der Waals surface area (Å²) in [5.74, 6) is 0.448. The molecule has 2 aromatic carbocycles. The monoisotopic (exact) mass is 652 g/mol. The van der Waals surface area contributed by atoms with Crippen molar-refractivity contribution in [2.24, 2.45) is 5.92 Å². The van der Waals surface area contributed by atoms with Gasteiger partial charge in [0.15, 0.2) is 5.13 Å². The fraction of sp³-hybridized carbons (Fsp3) is 0.485. The largest absolute Gasteiger partial charge is 0.465 e. The average molecular weight is 654 g/mol. The second-order valence-electron chi connectivity index (χ2n) is 12.5. The van der Waals surface area contributed by atoms with Crippen molar-refractivity contribution in [3.05, 3.63) is 63.4 Å². The van der Waals surface area contributed by atoms with Gasteiger partial charge in [-0.1, -0.05) is 40.6 Å². The second kappa shape index (κ2) is 11.6. The maximum Gasteiger partial charge on any atom is 0.337 e. The lowest BCUT2D eigenvalue weighted by molar-refractivity contribution is 0.00958. The fourth-order valence-corrected chi connectivity index (χ4v) is 9.10. The summed E-state index contributed by atoms with van der Waals surface area (Å²) < 4.78 is 20.5. The summed E-state index contributed by atoms with van der Waals surface area (Å²) in [4.78, 5) is 20.2. The topological polar surface area (TPSA) is 78.7 Å². The maximum atomic E-state index is 12.5. The van der Waals surface area contributed by atoms with E-state index in [1.54, 1.807) is 11.3 Å². The zero-order valence-corrected chi connectivity index (χ0v) is 26.8. The minimum Gasteiger partial charge on any atom is -0.465 e. The van der Waals surface area contributed by atoms with E-state index in [1.807, 2.05) is 36.5 Å². The minimum atomic E-state index is -0.307. The lowest BCUT2D eigenvalue weighted by atomic mass is 9.90. The van der Waals surface area contributed by atoms with Crippen molar-refractivity contribution in [1.29, 1.82) is 0 Å². The molecule has 8 nitrogen and oxygen atoms in total. The smallest absolute Gasteiger partial charge is 0.337 e. The number of piperidine rings is 1. The number of esters is 1. The summed E-state index contributed by atoms with van der Waals surface area (Å²) in [7, 11) is 1.44. The normalized spacial score (nSPS) is 23.6. The maximum absolute atomic E-state index is 12.5. The molecule has 44 heavy (non-hydrogen) atoms. The molecule has 0 amide bonds. The van der Waals surface area contributed by atoms with Crippen LogP contribution in [0.5, 0.6) is 0 Å². The molecule has 0 spiro atoms. The van der Waals surface area contributed by atoms with Gasteiger partial charge in [-0.25, -0.2) is 9.78 Å². The van der Waals surface area contributed by atoms with Gasteiger partial charge in [-0.15, -0.1) is 0 Å². The van der Waals surface area contributed by atoms with E-state index in [9.17, 15) is 4.79 Å². The van der Waals surface area contributed by atoms with Crippen LogP contribution in [0.4, 0.5) is 5.13 Å². The van der Waals surface area contributed by atoms with Gasteiger partial charge in [0.25, 0.3) is 0 Å². The average Bonchev–Trinajstić information content (AvgIpc) is 3.34. The number of hydrogen-bond donors (Lipinski definition) is 0. The van der Waals surface area contributed by atoms with Gasteiger partial charge in [0.1, 0.15) is 0 Å². The molecule has 2 aliphatic carbocycles. The number of ether oxygens (including phenoxy) is 3. The van der Waals surface area contributed by atoms with Crippen LogP contribution in [0, 0.1) is 5.92 Å². The van der Waals surface area contributed by atoms with Crippen LogP contribution in [-0.4, -0.2) is 59.7 Å². The molecule has 11 heteroatoms. The summed E-state index contributed by atoms with van der Waals surface area (Å²) >= 11 is 14.9. The highest BCUT2D eigenvalue weighted by Gasteiger charge is 2.46. The Morgan fingerprint density at radius 1 is 1.09 bits per heavy atom. The summed E-state index contributed by atoms with van der Waals surface area (Å²) in [5, 5.41) is 7.01. The number of benzene rings is 2. The van der Waals surface area contributed by atoms with Gasteiger partial charge >= 0.3 is 5.97 Å². The molecule has 0 N–H and O–H groups in total. The van der Waals surface area contributed by atoms with E-state index in [0.29, 0.717) is 46.1 Å². The van der Waals surface area contributed by atoms with Gasteiger partial charge in [0, 0.05) is 42.8 Å². The number of rotatable bonds is 8. The van der Waals surface area contributed by atoms with E-state index in [-0.39, 0.29) is 12.1 Å². The van der Waals surface area contributed by atoms with Crippen LogP contribution in [-0.2, 0) is 20.8 Å². The van der Waals surface area contributed by atoms with Gasteiger partial charge in [-0.2, -0.15) is 5.10 Å². The highest BCUT2D eigenvalue weighted by Crippen LogP contribution is 2.47. The third kappa shape index (κ3) is 5.10. The molecule has 4 heterocycles. The van der Waals surface area contributed by atoms with Gasteiger partial charge in [0.05, 0.1) is 63.6 Å². The molecule has 4 aromatic rings. The second-order valence-corrected chi connectivity index (χ2v) is 14.3. The Hall–Kier alpha value is -2.69. The van der Waals surface area contributed by atoms with Crippen LogP contribution >= 0.6 is 34.5 Å². The number of halogens is 2. The number of carbonyl (C=O) groups is 1. The number of fused-ring (bicyclic) bond motifs is 3. The van der Waals surface area contributed by atoms with Crippen molar-refractivity contribution in [1.82, 2.24) is 14.8 Å². The molecular formula is C33H34Cl2N4O4S. The van der Waals surface area contributed by atoms with Crippen LogP contribution in [0.3, 0.4) is 0 Å². The Kier molecular flexibility index (Phi) is 7.58. The van der Waals surface area contributed by atoms with E-state index in [2.05, 4.69) is 9.58 Å². The molecule has 2 saturated carbocycles.